The fourth-order valence-corrected chi connectivity index (χ4v) is 1.10. The van der Waals surface area contributed by atoms with Crippen molar-refractivity contribution in [2.75, 3.05) is 6.61 Å². The molecule has 0 bridgehead atoms. The van der Waals surface area contributed by atoms with E-state index in [0.29, 0.717) is 0 Å². The molecular weight excluding hydrogens is 230 g/mol. The lowest BCUT2D eigenvalue weighted by molar-refractivity contribution is 0.311. The number of aromatic nitrogens is 1. The normalized spacial score (nSPS) is 9.62. The van der Waals surface area contributed by atoms with E-state index in [-0.39, 0.29) is 0 Å². The van der Waals surface area contributed by atoms with Gasteiger partial charge >= 0.3 is 0 Å². The standard InChI is InChI=1S/C10H12BrNO/c1-2-3-4-7-13-9-5-6-10(11)12-8-9/h2,5-6,8H,1,3-4,7H2. The maximum atomic E-state index is 5.43. The molecular formula is C10H12BrNO. The van der Waals surface area contributed by atoms with Crippen LogP contribution in [0.4, 0.5) is 0 Å². The van der Waals surface area contributed by atoms with Crippen LogP contribution in [0, 0.1) is 0 Å². The Morgan fingerprint density at radius 1 is 1.54 bits per heavy atom. The van der Waals surface area contributed by atoms with Gasteiger partial charge in [-0.1, -0.05) is 6.08 Å². The second kappa shape index (κ2) is 5.75. The molecule has 0 amide bonds. The van der Waals surface area contributed by atoms with E-state index in [1.54, 1.807) is 6.20 Å². The van der Waals surface area contributed by atoms with Crippen molar-refractivity contribution in [3.8, 4) is 5.75 Å². The molecule has 0 unspecified atom stereocenters. The molecule has 0 N–H and O–H groups in total. The number of ether oxygens (including phenoxy) is 1. The minimum Gasteiger partial charge on any atom is -0.492 e. The minimum atomic E-state index is 0.718. The summed E-state index contributed by atoms with van der Waals surface area (Å²) < 4.78 is 6.26. The highest BCUT2D eigenvalue weighted by Crippen LogP contribution is 2.12. The first-order valence-corrected chi connectivity index (χ1v) is 4.97. The molecule has 0 aliphatic carbocycles. The van der Waals surface area contributed by atoms with E-state index < -0.39 is 0 Å². The molecule has 0 saturated carbocycles. The summed E-state index contributed by atoms with van der Waals surface area (Å²) in [7, 11) is 0. The van der Waals surface area contributed by atoms with Crippen molar-refractivity contribution >= 4 is 15.9 Å². The third kappa shape index (κ3) is 4.08. The van der Waals surface area contributed by atoms with Crippen LogP contribution in [0.15, 0.2) is 35.6 Å². The molecule has 0 aromatic carbocycles. The van der Waals surface area contributed by atoms with Gasteiger partial charge in [-0.25, -0.2) is 4.98 Å². The zero-order valence-corrected chi connectivity index (χ0v) is 8.96. The Bertz CT molecular complexity index is 258. The van der Waals surface area contributed by atoms with Crippen LogP contribution in [0.3, 0.4) is 0 Å². The molecule has 13 heavy (non-hydrogen) atoms. The topological polar surface area (TPSA) is 22.1 Å². The predicted octanol–water partition coefficient (Wildman–Crippen LogP) is 3.19. The van der Waals surface area contributed by atoms with Gasteiger partial charge in [-0.15, -0.1) is 6.58 Å². The highest BCUT2D eigenvalue weighted by Gasteiger charge is 1.93. The van der Waals surface area contributed by atoms with Gasteiger partial charge in [0.2, 0.25) is 0 Å². The van der Waals surface area contributed by atoms with Crippen LogP contribution in [-0.2, 0) is 0 Å². The number of unbranched alkanes of at least 4 members (excludes halogenated alkanes) is 1. The van der Waals surface area contributed by atoms with Gasteiger partial charge in [0.25, 0.3) is 0 Å². The summed E-state index contributed by atoms with van der Waals surface area (Å²) in [5.41, 5.74) is 0. The van der Waals surface area contributed by atoms with E-state index >= 15 is 0 Å². The molecule has 0 fully saturated rings. The number of halogens is 1. The van der Waals surface area contributed by atoms with Crippen LogP contribution in [0.1, 0.15) is 12.8 Å². The van der Waals surface area contributed by atoms with Gasteiger partial charge in [-0.05, 0) is 40.9 Å². The van der Waals surface area contributed by atoms with E-state index in [2.05, 4.69) is 27.5 Å². The lowest BCUT2D eigenvalue weighted by Crippen LogP contribution is -1.96. The SMILES string of the molecule is C=CCCCOc1ccc(Br)nc1. The summed E-state index contributed by atoms with van der Waals surface area (Å²) in [4.78, 5) is 4.05. The van der Waals surface area contributed by atoms with E-state index in [9.17, 15) is 0 Å². The van der Waals surface area contributed by atoms with Gasteiger partial charge in [0, 0.05) is 0 Å². The highest BCUT2D eigenvalue weighted by molar-refractivity contribution is 9.10. The van der Waals surface area contributed by atoms with Gasteiger partial charge in [-0.2, -0.15) is 0 Å². The van der Waals surface area contributed by atoms with Crippen LogP contribution in [0.25, 0.3) is 0 Å². The van der Waals surface area contributed by atoms with E-state index in [1.165, 1.54) is 0 Å². The summed E-state index contributed by atoms with van der Waals surface area (Å²) in [6.45, 7) is 4.36. The summed E-state index contributed by atoms with van der Waals surface area (Å²) in [6.07, 6.45) is 5.59. The average Bonchev–Trinajstić information content (AvgIpc) is 2.15. The Labute approximate surface area is 86.8 Å². The number of hydrogen-bond donors (Lipinski definition) is 0. The molecule has 1 rings (SSSR count). The highest BCUT2D eigenvalue weighted by atomic mass is 79.9. The fourth-order valence-electron chi connectivity index (χ4n) is 0.865. The van der Waals surface area contributed by atoms with Crippen LogP contribution >= 0.6 is 15.9 Å². The summed E-state index contributed by atoms with van der Waals surface area (Å²) >= 11 is 3.26. The van der Waals surface area contributed by atoms with Crippen molar-refractivity contribution in [2.24, 2.45) is 0 Å². The first-order valence-electron chi connectivity index (χ1n) is 4.18. The summed E-state index contributed by atoms with van der Waals surface area (Å²) in [5, 5.41) is 0. The molecule has 0 aliphatic rings. The third-order valence-corrected chi connectivity index (χ3v) is 1.99. The molecule has 0 atom stereocenters. The van der Waals surface area contributed by atoms with Crippen molar-refractivity contribution in [1.82, 2.24) is 4.98 Å². The van der Waals surface area contributed by atoms with Crippen molar-refractivity contribution in [3.63, 3.8) is 0 Å². The first-order chi connectivity index (χ1) is 6.33. The number of allylic oxidation sites excluding steroid dienone is 1. The zero-order valence-electron chi connectivity index (χ0n) is 7.37. The largest absolute Gasteiger partial charge is 0.492 e. The summed E-state index contributed by atoms with van der Waals surface area (Å²) in [5.74, 6) is 0.812. The van der Waals surface area contributed by atoms with E-state index in [0.717, 1.165) is 29.8 Å². The Balaban J connectivity index is 2.28. The number of nitrogens with zero attached hydrogens (tertiary/aromatic N) is 1. The summed E-state index contributed by atoms with van der Waals surface area (Å²) in [6, 6.07) is 3.76. The fraction of sp³-hybridized carbons (Fsp3) is 0.300. The van der Waals surface area contributed by atoms with Gasteiger partial charge in [0.15, 0.2) is 0 Å². The smallest absolute Gasteiger partial charge is 0.137 e. The Hall–Kier alpha value is -0.830. The van der Waals surface area contributed by atoms with Gasteiger partial charge < -0.3 is 4.74 Å². The second-order valence-corrected chi connectivity index (χ2v) is 3.41. The van der Waals surface area contributed by atoms with Crippen LogP contribution in [-0.4, -0.2) is 11.6 Å². The van der Waals surface area contributed by atoms with Gasteiger partial charge in [0.05, 0.1) is 12.8 Å². The predicted molar refractivity (Wildman–Crippen MR) is 56.9 cm³/mol. The lowest BCUT2D eigenvalue weighted by Gasteiger charge is -2.03. The molecule has 1 heterocycles. The quantitative estimate of drug-likeness (QED) is 0.449. The van der Waals surface area contributed by atoms with Gasteiger partial charge in [0.1, 0.15) is 10.4 Å². The van der Waals surface area contributed by atoms with Crippen LogP contribution in [0.5, 0.6) is 5.75 Å². The molecule has 3 heteroatoms. The van der Waals surface area contributed by atoms with E-state index in [4.69, 9.17) is 4.74 Å². The number of rotatable bonds is 5. The molecule has 0 radical (unpaired) electrons. The zero-order chi connectivity index (χ0) is 9.52. The molecule has 1 aromatic heterocycles. The lowest BCUT2D eigenvalue weighted by atomic mass is 10.3. The number of hydrogen-bond acceptors (Lipinski definition) is 2. The van der Waals surface area contributed by atoms with E-state index in [1.807, 2.05) is 18.2 Å². The molecule has 0 saturated heterocycles. The van der Waals surface area contributed by atoms with Crippen molar-refractivity contribution in [3.05, 3.63) is 35.6 Å². The molecule has 70 valence electrons. The van der Waals surface area contributed by atoms with Crippen LogP contribution < -0.4 is 4.74 Å². The molecule has 0 spiro atoms. The molecule has 2 nitrogen and oxygen atoms in total. The Morgan fingerprint density at radius 2 is 2.38 bits per heavy atom. The van der Waals surface area contributed by atoms with Gasteiger partial charge in [-0.3, -0.25) is 0 Å². The van der Waals surface area contributed by atoms with Crippen molar-refractivity contribution in [1.29, 1.82) is 0 Å². The Kier molecular flexibility index (Phi) is 4.54. The third-order valence-electron chi connectivity index (χ3n) is 1.52. The maximum Gasteiger partial charge on any atom is 0.137 e. The van der Waals surface area contributed by atoms with Crippen molar-refractivity contribution < 1.29 is 4.74 Å². The first kappa shape index (κ1) is 10.3. The maximum absolute atomic E-state index is 5.43. The van der Waals surface area contributed by atoms with Crippen molar-refractivity contribution in [2.45, 2.75) is 12.8 Å². The molecule has 1 aromatic rings. The Morgan fingerprint density at radius 3 is 3.00 bits per heavy atom. The second-order valence-electron chi connectivity index (χ2n) is 2.60. The molecule has 0 aliphatic heterocycles. The van der Waals surface area contributed by atoms with Crippen LogP contribution in [0.2, 0.25) is 0 Å². The number of pyridine rings is 1. The minimum absolute atomic E-state index is 0.718. The monoisotopic (exact) mass is 241 g/mol. The average molecular weight is 242 g/mol.